The number of rotatable bonds is 2. The van der Waals surface area contributed by atoms with Gasteiger partial charge < -0.3 is 5.32 Å². The fourth-order valence-corrected chi connectivity index (χ4v) is 2.37. The maximum Gasteiger partial charge on any atom is 0.217 e. The lowest BCUT2D eigenvalue weighted by molar-refractivity contribution is -0.120. The molecule has 1 fully saturated rings. The first-order chi connectivity index (χ1) is 6.09. The summed E-state index contributed by atoms with van der Waals surface area (Å²) in [6, 6.07) is 0.361. The first-order valence-corrected chi connectivity index (χ1v) is 5.36. The van der Waals surface area contributed by atoms with E-state index in [4.69, 9.17) is 0 Å². The lowest BCUT2D eigenvalue weighted by Gasteiger charge is -2.31. The van der Waals surface area contributed by atoms with Gasteiger partial charge in [-0.1, -0.05) is 19.8 Å². The van der Waals surface area contributed by atoms with Gasteiger partial charge in [-0.15, -0.1) is 0 Å². The maximum atomic E-state index is 10.9. The number of carbonyl (C=O) groups is 1. The van der Waals surface area contributed by atoms with Crippen molar-refractivity contribution in [3.63, 3.8) is 0 Å². The van der Waals surface area contributed by atoms with Crippen molar-refractivity contribution in [1.29, 1.82) is 0 Å². The molecule has 3 unspecified atom stereocenters. The molecular formula is C11H21NO. The van der Waals surface area contributed by atoms with Crippen molar-refractivity contribution in [1.82, 2.24) is 5.32 Å². The molecule has 0 saturated heterocycles. The fourth-order valence-electron chi connectivity index (χ4n) is 2.37. The average molecular weight is 183 g/mol. The highest BCUT2D eigenvalue weighted by molar-refractivity contribution is 5.73. The largest absolute Gasteiger partial charge is 0.354 e. The third-order valence-electron chi connectivity index (χ3n) is 3.11. The van der Waals surface area contributed by atoms with Crippen LogP contribution < -0.4 is 5.32 Å². The van der Waals surface area contributed by atoms with Gasteiger partial charge in [0.15, 0.2) is 0 Å². The van der Waals surface area contributed by atoms with Crippen LogP contribution in [0.1, 0.15) is 46.5 Å². The zero-order valence-corrected chi connectivity index (χ0v) is 8.97. The molecule has 2 heteroatoms. The Morgan fingerprint density at radius 1 is 1.46 bits per heavy atom. The average Bonchev–Trinajstić information content (AvgIpc) is 2.03. The summed E-state index contributed by atoms with van der Waals surface area (Å²) in [5, 5.41) is 2.99. The van der Waals surface area contributed by atoms with Gasteiger partial charge in [0, 0.05) is 13.0 Å². The van der Waals surface area contributed by atoms with Gasteiger partial charge in [0.05, 0.1) is 0 Å². The second-order valence-electron chi connectivity index (χ2n) is 4.52. The van der Waals surface area contributed by atoms with Crippen LogP contribution in [0.2, 0.25) is 0 Å². The van der Waals surface area contributed by atoms with E-state index in [0.717, 1.165) is 5.92 Å². The van der Waals surface area contributed by atoms with Gasteiger partial charge in [0.1, 0.15) is 0 Å². The first-order valence-electron chi connectivity index (χ1n) is 5.36. The van der Waals surface area contributed by atoms with E-state index >= 15 is 0 Å². The van der Waals surface area contributed by atoms with Gasteiger partial charge in [-0.25, -0.2) is 0 Å². The molecule has 13 heavy (non-hydrogen) atoms. The second kappa shape index (κ2) is 4.64. The van der Waals surface area contributed by atoms with Crippen LogP contribution in [0.25, 0.3) is 0 Å². The van der Waals surface area contributed by atoms with Crippen LogP contribution in [0.3, 0.4) is 0 Å². The Hall–Kier alpha value is -0.530. The third-order valence-corrected chi connectivity index (χ3v) is 3.11. The highest BCUT2D eigenvalue weighted by atomic mass is 16.1. The molecule has 2 nitrogen and oxygen atoms in total. The van der Waals surface area contributed by atoms with Crippen molar-refractivity contribution in [2.24, 2.45) is 11.8 Å². The summed E-state index contributed by atoms with van der Waals surface area (Å²) < 4.78 is 0. The molecule has 1 aliphatic carbocycles. The van der Waals surface area contributed by atoms with Gasteiger partial charge in [0.2, 0.25) is 5.91 Å². The van der Waals surface area contributed by atoms with Crippen LogP contribution in [-0.4, -0.2) is 11.9 Å². The van der Waals surface area contributed by atoms with Crippen molar-refractivity contribution < 1.29 is 4.79 Å². The molecule has 0 aromatic heterocycles. The van der Waals surface area contributed by atoms with Crippen LogP contribution >= 0.6 is 0 Å². The normalized spacial score (nSPS) is 31.0. The number of carbonyl (C=O) groups excluding carboxylic acids is 1. The molecule has 1 N–H and O–H groups in total. The van der Waals surface area contributed by atoms with Crippen LogP contribution in [-0.2, 0) is 4.79 Å². The molecule has 1 amide bonds. The Bertz CT molecular complexity index is 179. The van der Waals surface area contributed by atoms with Crippen LogP contribution in [0, 0.1) is 11.8 Å². The van der Waals surface area contributed by atoms with Gasteiger partial charge >= 0.3 is 0 Å². The van der Waals surface area contributed by atoms with E-state index in [2.05, 4.69) is 19.2 Å². The fraction of sp³-hybridized carbons (Fsp3) is 0.909. The molecule has 1 rings (SSSR count). The summed E-state index contributed by atoms with van der Waals surface area (Å²) in [6.07, 6.45) is 5.26. The van der Waals surface area contributed by atoms with Crippen molar-refractivity contribution in [2.45, 2.75) is 52.5 Å². The molecule has 0 radical (unpaired) electrons. The van der Waals surface area contributed by atoms with Crippen molar-refractivity contribution >= 4 is 5.91 Å². The topological polar surface area (TPSA) is 29.1 Å². The van der Waals surface area contributed by atoms with Crippen molar-refractivity contribution in [3.05, 3.63) is 0 Å². The van der Waals surface area contributed by atoms with E-state index in [1.807, 2.05) is 0 Å². The van der Waals surface area contributed by atoms with E-state index in [-0.39, 0.29) is 5.91 Å². The molecular weight excluding hydrogens is 162 g/mol. The summed E-state index contributed by atoms with van der Waals surface area (Å²) >= 11 is 0. The molecule has 1 saturated carbocycles. The molecule has 3 atom stereocenters. The molecule has 0 bridgehead atoms. The third kappa shape index (κ3) is 3.37. The molecule has 0 heterocycles. The lowest BCUT2D eigenvalue weighted by Crippen LogP contribution is -2.38. The summed E-state index contributed by atoms with van der Waals surface area (Å²) in [6.45, 7) is 6.04. The standard InChI is InChI=1S/C11H21NO/c1-8-5-4-6-11(7-8)9(2)12-10(3)13/h8-9,11H,4-7H2,1-3H3,(H,12,13). The minimum absolute atomic E-state index is 0.103. The quantitative estimate of drug-likeness (QED) is 0.699. The molecule has 1 aliphatic rings. The Morgan fingerprint density at radius 3 is 2.69 bits per heavy atom. The smallest absolute Gasteiger partial charge is 0.217 e. The minimum atomic E-state index is 0.103. The van der Waals surface area contributed by atoms with Gasteiger partial charge in [0.25, 0.3) is 0 Å². The summed E-state index contributed by atoms with van der Waals surface area (Å²) in [7, 11) is 0. The van der Waals surface area contributed by atoms with Crippen LogP contribution in [0.15, 0.2) is 0 Å². The Labute approximate surface area is 81.1 Å². The monoisotopic (exact) mass is 183 g/mol. The number of hydrogen-bond donors (Lipinski definition) is 1. The predicted molar refractivity (Wildman–Crippen MR) is 54.4 cm³/mol. The minimum Gasteiger partial charge on any atom is -0.354 e. The summed E-state index contributed by atoms with van der Waals surface area (Å²) in [5.74, 6) is 1.65. The zero-order chi connectivity index (χ0) is 9.84. The van der Waals surface area contributed by atoms with Gasteiger partial charge in [-0.3, -0.25) is 4.79 Å². The number of hydrogen-bond acceptors (Lipinski definition) is 1. The van der Waals surface area contributed by atoms with Crippen molar-refractivity contribution in [2.75, 3.05) is 0 Å². The number of nitrogens with one attached hydrogen (secondary N) is 1. The Kier molecular flexibility index (Phi) is 3.76. The van der Waals surface area contributed by atoms with Gasteiger partial charge in [-0.2, -0.15) is 0 Å². The van der Waals surface area contributed by atoms with Crippen molar-refractivity contribution in [3.8, 4) is 0 Å². The predicted octanol–water partition coefficient (Wildman–Crippen LogP) is 2.34. The van der Waals surface area contributed by atoms with E-state index in [0.29, 0.717) is 12.0 Å². The van der Waals surface area contributed by atoms with Crippen LogP contribution in [0.5, 0.6) is 0 Å². The van der Waals surface area contributed by atoms with Crippen LogP contribution in [0.4, 0.5) is 0 Å². The second-order valence-corrected chi connectivity index (χ2v) is 4.52. The molecule has 0 spiro atoms. The molecule has 0 aromatic rings. The summed E-state index contributed by atoms with van der Waals surface area (Å²) in [5.41, 5.74) is 0. The maximum absolute atomic E-state index is 10.9. The highest BCUT2D eigenvalue weighted by Gasteiger charge is 2.23. The molecule has 0 aliphatic heterocycles. The Morgan fingerprint density at radius 2 is 2.15 bits per heavy atom. The lowest BCUT2D eigenvalue weighted by atomic mass is 9.79. The SMILES string of the molecule is CC(=O)NC(C)C1CCCC(C)C1. The summed E-state index contributed by atoms with van der Waals surface area (Å²) in [4.78, 5) is 10.9. The zero-order valence-electron chi connectivity index (χ0n) is 8.97. The highest BCUT2D eigenvalue weighted by Crippen LogP contribution is 2.30. The Balaban J connectivity index is 2.36. The number of amides is 1. The van der Waals surface area contributed by atoms with E-state index < -0.39 is 0 Å². The first kappa shape index (κ1) is 10.6. The molecule has 0 aromatic carbocycles. The van der Waals surface area contributed by atoms with E-state index in [1.54, 1.807) is 6.92 Å². The molecule has 76 valence electrons. The van der Waals surface area contributed by atoms with E-state index in [1.165, 1.54) is 25.7 Å². The van der Waals surface area contributed by atoms with E-state index in [9.17, 15) is 4.79 Å². The van der Waals surface area contributed by atoms with Gasteiger partial charge in [-0.05, 0) is 31.6 Å².